The van der Waals surface area contributed by atoms with Gasteiger partial charge in [0, 0.05) is 16.1 Å². The van der Waals surface area contributed by atoms with Gasteiger partial charge >= 0.3 is 0 Å². The van der Waals surface area contributed by atoms with Gasteiger partial charge in [0.2, 0.25) is 0 Å². The average Bonchev–Trinajstić information content (AvgIpc) is 3.38. The Bertz CT molecular complexity index is 1350. The van der Waals surface area contributed by atoms with Crippen molar-refractivity contribution < 1.29 is 23.1 Å². The highest BCUT2D eigenvalue weighted by atomic mass is 79.9. The highest BCUT2D eigenvalue weighted by Crippen LogP contribution is 2.38. The standard InChI is InChI=1S/C21H16BrF2N5O3S/c1-10-8-14(18(23)24)26-21-15(10)16(17(33-21)19(25)30)27-20(31)13-6-7-29(28-13)9-32-12-4-2-11(22)3-5-12/h2-8,18H,9H2,1H3,(H2,25,30)(H,27,31). The SMILES string of the molecule is Cc1cc(C(F)F)nc2sc(C(N)=O)c(NC(=O)c3ccn(COc4ccc(Br)cc4)n3)c12. The van der Waals surface area contributed by atoms with E-state index < -0.39 is 23.9 Å². The number of amides is 2. The van der Waals surface area contributed by atoms with Crippen LogP contribution in [-0.4, -0.2) is 26.6 Å². The summed E-state index contributed by atoms with van der Waals surface area (Å²) in [5, 5.41) is 7.20. The van der Waals surface area contributed by atoms with E-state index in [-0.39, 0.29) is 27.8 Å². The summed E-state index contributed by atoms with van der Waals surface area (Å²) >= 11 is 4.19. The number of primary amides is 1. The minimum Gasteiger partial charge on any atom is -0.471 e. The molecule has 3 aromatic heterocycles. The normalized spacial score (nSPS) is 11.2. The van der Waals surface area contributed by atoms with Crippen LogP contribution in [0.1, 0.15) is 37.8 Å². The molecule has 8 nitrogen and oxygen atoms in total. The zero-order valence-electron chi connectivity index (χ0n) is 17.0. The monoisotopic (exact) mass is 535 g/mol. The van der Waals surface area contributed by atoms with Crippen LogP contribution < -0.4 is 15.8 Å². The Hall–Kier alpha value is -3.38. The lowest BCUT2D eigenvalue weighted by Crippen LogP contribution is -2.17. The number of thiophene rings is 1. The molecular weight excluding hydrogens is 520 g/mol. The molecule has 0 radical (unpaired) electrons. The minimum absolute atomic E-state index is 0.0124. The summed E-state index contributed by atoms with van der Waals surface area (Å²) in [7, 11) is 0. The van der Waals surface area contributed by atoms with Gasteiger partial charge in [-0.15, -0.1) is 11.3 Å². The van der Waals surface area contributed by atoms with Gasteiger partial charge in [0.25, 0.3) is 18.2 Å². The van der Waals surface area contributed by atoms with Crippen LogP contribution in [0.3, 0.4) is 0 Å². The first-order valence-electron chi connectivity index (χ1n) is 9.48. The van der Waals surface area contributed by atoms with E-state index in [0.29, 0.717) is 16.7 Å². The molecule has 2 amide bonds. The Morgan fingerprint density at radius 3 is 2.67 bits per heavy atom. The molecule has 0 aliphatic heterocycles. The van der Waals surface area contributed by atoms with E-state index in [1.807, 2.05) is 12.1 Å². The van der Waals surface area contributed by atoms with Gasteiger partial charge in [0.1, 0.15) is 21.2 Å². The number of aromatic nitrogens is 3. The van der Waals surface area contributed by atoms with Crippen molar-refractivity contribution >= 4 is 55.0 Å². The van der Waals surface area contributed by atoms with Crippen molar-refractivity contribution in [3.8, 4) is 5.75 Å². The van der Waals surface area contributed by atoms with Gasteiger partial charge in [0.05, 0.1) is 5.69 Å². The number of benzene rings is 1. The van der Waals surface area contributed by atoms with Crippen LogP contribution in [-0.2, 0) is 6.73 Å². The fourth-order valence-corrected chi connectivity index (χ4v) is 4.45. The van der Waals surface area contributed by atoms with Crippen molar-refractivity contribution in [1.82, 2.24) is 14.8 Å². The molecule has 0 saturated heterocycles. The number of carbonyl (C=O) groups is 2. The number of fused-ring (bicyclic) bond motifs is 1. The molecule has 0 fully saturated rings. The molecule has 170 valence electrons. The van der Waals surface area contributed by atoms with Crippen LogP contribution in [0.25, 0.3) is 10.2 Å². The van der Waals surface area contributed by atoms with E-state index in [1.54, 1.807) is 25.3 Å². The number of aryl methyl sites for hydroxylation is 1. The molecule has 3 heterocycles. The number of anilines is 1. The number of alkyl halides is 2. The first-order chi connectivity index (χ1) is 15.7. The third-order valence-electron chi connectivity index (χ3n) is 4.62. The lowest BCUT2D eigenvalue weighted by molar-refractivity contribution is 0.100. The molecule has 0 unspecified atom stereocenters. The number of hydrogen-bond donors (Lipinski definition) is 2. The predicted octanol–water partition coefficient (Wildman–Crippen LogP) is 4.89. The van der Waals surface area contributed by atoms with Crippen LogP contribution in [0.2, 0.25) is 0 Å². The zero-order valence-corrected chi connectivity index (χ0v) is 19.4. The maximum atomic E-state index is 13.1. The minimum atomic E-state index is -2.77. The van der Waals surface area contributed by atoms with Crippen LogP contribution in [0.15, 0.2) is 47.1 Å². The summed E-state index contributed by atoms with van der Waals surface area (Å²) in [6.07, 6.45) is -1.20. The number of carbonyl (C=O) groups excluding carboxylic acids is 2. The summed E-state index contributed by atoms with van der Waals surface area (Å²) < 4.78 is 34.2. The number of halogens is 3. The maximum Gasteiger partial charge on any atom is 0.280 e. The van der Waals surface area contributed by atoms with E-state index in [0.717, 1.165) is 15.8 Å². The number of nitrogens with one attached hydrogen (secondary N) is 1. The number of pyridine rings is 1. The van der Waals surface area contributed by atoms with Crippen molar-refractivity contribution in [1.29, 1.82) is 0 Å². The van der Waals surface area contributed by atoms with Crippen molar-refractivity contribution in [3.05, 3.63) is 68.9 Å². The Morgan fingerprint density at radius 2 is 2.00 bits per heavy atom. The van der Waals surface area contributed by atoms with Crippen LogP contribution in [0, 0.1) is 6.92 Å². The molecule has 0 aliphatic carbocycles. The van der Waals surface area contributed by atoms with Crippen LogP contribution in [0.5, 0.6) is 5.75 Å². The predicted molar refractivity (Wildman–Crippen MR) is 123 cm³/mol. The van der Waals surface area contributed by atoms with Crippen molar-refractivity contribution in [3.63, 3.8) is 0 Å². The number of nitrogens with two attached hydrogens (primary N) is 1. The number of ether oxygens (including phenoxy) is 1. The molecule has 0 saturated carbocycles. The molecule has 0 spiro atoms. The van der Waals surface area contributed by atoms with Crippen molar-refractivity contribution in [2.75, 3.05) is 5.32 Å². The Labute approximate surface area is 198 Å². The van der Waals surface area contributed by atoms with E-state index in [9.17, 15) is 18.4 Å². The molecule has 4 rings (SSSR count). The Balaban J connectivity index is 1.57. The summed E-state index contributed by atoms with van der Waals surface area (Å²) in [5.74, 6) is -0.779. The van der Waals surface area contributed by atoms with Crippen LogP contribution >= 0.6 is 27.3 Å². The highest BCUT2D eigenvalue weighted by Gasteiger charge is 2.24. The van der Waals surface area contributed by atoms with Crippen LogP contribution in [0.4, 0.5) is 14.5 Å². The lowest BCUT2D eigenvalue weighted by atomic mass is 10.1. The fraction of sp³-hybridized carbons (Fsp3) is 0.143. The molecular formula is C21H16BrF2N5O3S. The lowest BCUT2D eigenvalue weighted by Gasteiger charge is -2.08. The second kappa shape index (κ2) is 9.24. The van der Waals surface area contributed by atoms with Crippen molar-refractivity contribution in [2.24, 2.45) is 5.73 Å². The smallest absolute Gasteiger partial charge is 0.280 e. The summed E-state index contributed by atoms with van der Waals surface area (Å²) in [6, 6.07) is 9.93. The maximum absolute atomic E-state index is 13.1. The second-order valence-corrected chi connectivity index (χ2v) is 8.85. The van der Waals surface area contributed by atoms with E-state index >= 15 is 0 Å². The second-order valence-electron chi connectivity index (χ2n) is 6.94. The largest absolute Gasteiger partial charge is 0.471 e. The average molecular weight is 536 g/mol. The third-order valence-corrected chi connectivity index (χ3v) is 6.24. The van der Waals surface area contributed by atoms with E-state index in [1.165, 1.54) is 16.8 Å². The third kappa shape index (κ3) is 4.86. The van der Waals surface area contributed by atoms with Gasteiger partial charge < -0.3 is 15.8 Å². The van der Waals surface area contributed by atoms with Crippen molar-refractivity contribution in [2.45, 2.75) is 20.1 Å². The van der Waals surface area contributed by atoms with E-state index in [2.05, 4.69) is 31.3 Å². The molecule has 12 heteroatoms. The van der Waals surface area contributed by atoms with Gasteiger partial charge in [-0.25, -0.2) is 18.4 Å². The zero-order chi connectivity index (χ0) is 23.7. The summed E-state index contributed by atoms with van der Waals surface area (Å²) in [5.41, 5.74) is 5.66. The fourth-order valence-electron chi connectivity index (χ4n) is 3.12. The molecule has 3 N–H and O–H groups in total. The molecule has 0 bridgehead atoms. The number of hydrogen-bond acceptors (Lipinski definition) is 6. The topological polar surface area (TPSA) is 112 Å². The number of rotatable bonds is 7. The molecule has 0 aliphatic rings. The molecule has 4 aromatic rings. The highest BCUT2D eigenvalue weighted by molar-refractivity contribution is 9.10. The molecule has 0 atom stereocenters. The first-order valence-corrected chi connectivity index (χ1v) is 11.1. The van der Waals surface area contributed by atoms with Gasteiger partial charge in [-0.1, -0.05) is 15.9 Å². The summed E-state index contributed by atoms with van der Waals surface area (Å²) in [6.45, 7) is 1.67. The summed E-state index contributed by atoms with van der Waals surface area (Å²) in [4.78, 5) is 28.9. The molecule has 33 heavy (non-hydrogen) atoms. The van der Waals surface area contributed by atoms with Gasteiger partial charge in [-0.3, -0.25) is 9.59 Å². The van der Waals surface area contributed by atoms with Gasteiger partial charge in [-0.2, -0.15) is 5.10 Å². The van der Waals surface area contributed by atoms with Gasteiger partial charge in [-0.05, 0) is 48.9 Å². The van der Waals surface area contributed by atoms with E-state index in [4.69, 9.17) is 10.5 Å². The molecule has 1 aromatic carbocycles. The Morgan fingerprint density at radius 1 is 1.27 bits per heavy atom. The number of nitrogens with zero attached hydrogens (tertiary/aromatic N) is 3. The van der Waals surface area contributed by atoms with Gasteiger partial charge in [0.15, 0.2) is 12.4 Å². The first kappa shape index (κ1) is 22.8. The quantitative estimate of drug-likeness (QED) is 0.350. The Kier molecular flexibility index (Phi) is 6.38.